The number of carbonyl (C=O) groups excluding carboxylic acids is 3. The molecule has 5 rings (SSSR count). The Balaban J connectivity index is 1.34. The van der Waals surface area contributed by atoms with Crippen molar-refractivity contribution in [2.75, 3.05) is 10.6 Å². The molecule has 3 aromatic heterocycles. The third kappa shape index (κ3) is 6.34. The largest absolute Gasteiger partial charge is 0.477 e. The zero-order valence-corrected chi connectivity index (χ0v) is 21.7. The Labute approximate surface area is 235 Å². The monoisotopic (exact) mass is 573 g/mol. The Morgan fingerprint density at radius 2 is 1.80 bits per heavy atom. The van der Waals surface area contributed by atoms with Crippen molar-refractivity contribution in [2.24, 2.45) is 0 Å². The molecule has 0 aliphatic heterocycles. The Hall–Kier alpha value is -5.63. The van der Waals surface area contributed by atoms with E-state index >= 15 is 0 Å². The number of carboxylic acids is 1. The maximum absolute atomic E-state index is 13.3. The van der Waals surface area contributed by atoms with E-state index in [9.17, 15) is 24.3 Å². The van der Waals surface area contributed by atoms with Crippen LogP contribution in [-0.4, -0.2) is 65.0 Å². The fourth-order valence-corrected chi connectivity index (χ4v) is 4.14. The van der Waals surface area contributed by atoms with Gasteiger partial charge in [0.05, 0.1) is 23.3 Å². The maximum Gasteiger partial charge on any atom is 0.352 e. The molecule has 0 radical (unpaired) electrons. The van der Waals surface area contributed by atoms with Crippen LogP contribution in [0.2, 0.25) is 5.02 Å². The van der Waals surface area contributed by atoms with Crippen molar-refractivity contribution >= 4 is 57.7 Å². The molecule has 0 bridgehead atoms. The average Bonchev–Trinajstić information content (AvgIpc) is 3.64. The molecule has 3 heterocycles. The highest BCUT2D eigenvalue weighted by Crippen LogP contribution is 2.24. The molecule has 5 N–H and O–H groups in total. The van der Waals surface area contributed by atoms with Crippen LogP contribution in [0.25, 0.3) is 16.7 Å². The van der Waals surface area contributed by atoms with Gasteiger partial charge in [-0.15, -0.1) is 5.10 Å². The summed E-state index contributed by atoms with van der Waals surface area (Å²) in [6.07, 6.45) is 2.72. The molecule has 2 aromatic carbocycles. The Kier molecular flexibility index (Phi) is 7.65. The minimum absolute atomic E-state index is 0.0563. The highest BCUT2D eigenvalue weighted by molar-refractivity contribution is 6.40. The second-order valence-corrected chi connectivity index (χ2v) is 9.16. The van der Waals surface area contributed by atoms with Crippen LogP contribution in [0.3, 0.4) is 0 Å². The van der Waals surface area contributed by atoms with Gasteiger partial charge in [-0.05, 0) is 46.3 Å². The van der Waals surface area contributed by atoms with Crippen LogP contribution >= 0.6 is 11.6 Å². The number of aromatic carboxylic acids is 1. The Bertz CT molecular complexity index is 1760. The summed E-state index contributed by atoms with van der Waals surface area (Å²) in [5.74, 6) is -3.90. The van der Waals surface area contributed by atoms with Gasteiger partial charge < -0.3 is 26.0 Å². The van der Waals surface area contributed by atoms with Crippen molar-refractivity contribution < 1.29 is 24.3 Å². The first-order valence-corrected chi connectivity index (χ1v) is 12.4. The zero-order chi connectivity index (χ0) is 28.9. The van der Waals surface area contributed by atoms with Crippen molar-refractivity contribution in [2.45, 2.75) is 12.5 Å². The van der Waals surface area contributed by atoms with Crippen LogP contribution in [-0.2, 0) is 20.8 Å². The van der Waals surface area contributed by atoms with Gasteiger partial charge in [0, 0.05) is 16.8 Å². The first-order chi connectivity index (χ1) is 19.8. The van der Waals surface area contributed by atoms with E-state index in [1.165, 1.54) is 35.4 Å². The number of fused-ring (bicyclic) bond motifs is 1. The van der Waals surface area contributed by atoms with E-state index in [1.54, 1.807) is 42.5 Å². The average molecular weight is 574 g/mol. The van der Waals surface area contributed by atoms with E-state index in [0.717, 1.165) is 5.56 Å². The van der Waals surface area contributed by atoms with E-state index in [1.807, 2.05) is 0 Å². The summed E-state index contributed by atoms with van der Waals surface area (Å²) in [5.41, 5.74) is 1.79. The number of aromatic amines is 1. The summed E-state index contributed by atoms with van der Waals surface area (Å²) in [6.45, 7) is 0. The Morgan fingerprint density at radius 1 is 1.00 bits per heavy atom. The van der Waals surface area contributed by atoms with Crippen LogP contribution in [0.1, 0.15) is 16.1 Å². The van der Waals surface area contributed by atoms with E-state index in [-0.39, 0.29) is 23.5 Å². The summed E-state index contributed by atoms with van der Waals surface area (Å²) in [4.78, 5) is 57.2. The van der Waals surface area contributed by atoms with Gasteiger partial charge in [0.2, 0.25) is 5.91 Å². The molecule has 15 heteroatoms. The lowest BCUT2D eigenvalue weighted by molar-refractivity contribution is -0.137. The van der Waals surface area contributed by atoms with Crippen LogP contribution < -0.4 is 16.0 Å². The molecular formula is C26H20ClN9O5. The predicted octanol–water partition coefficient (Wildman–Crippen LogP) is 2.19. The highest BCUT2D eigenvalue weighted by Gasteiger charge is 2.26. The lowest BCUT2D eigenvalue weighted by Crippen LogP contribution is -2.49. The number of H-pyrrole nitrogens is 1. The molecule has 0 aliphatic rings. The maximum atomic E-state index is 13.3. The lowest BCUT2D eigenvalue weighted by Gasteiger charge is -2.19. The second kappa shape index (κ2) is 11.6. The van der Waals surface area contributed by atoms with Crippen molar-refractivity contribution in [3.05, 3.63) is 89.5 Å². The number of amides is 3. The number of hydrogen-bond donors (Lipinski definition) is 5. The topological polar surface area (TPSA) is 197 Å². The fourth-order valence-electron chi connectivity index (χ4n) is 3.97. The van der Waals surface area contributed by atoms with Gasteiger partial charge in [-0.25, -0.2) is 9.78 Å². The number of hydrogen-bond acceptors (Lipinski definition) is 8. The molecule has 0 unspecified atom stereocenters. The van der Waals surface area contributed by atoms with Gasteiger partial charge in [-0.1, -0.05) is 41.9 Å². The van der Waals surface area contributed by atoms with E-state index in [2.05, 4.69) is 41.4 Å². The van der Waals surface area contributed by atoms with Gasteiger partial charge in [0.25, 0.3) is 0 Å². The normalized spacial score (nSPS) is 11.5. The SMILES string of the molecule is O=C(Nc1cc(Cl)ccc1-n1cnnn1)C(=O)N[C@@H](Cc1ccccc1)C(=O)Nc1cnc2[nH]c(C(=O)O)cc2c1. The molecular weight excluding hydrogens is 554 g/mol. The quantitative estimate of drug-likeness (QED) is 0.173. The van der Waals surface area contributed by atoms with E-state index in [0.29, 0.717) is 21.7 Å². The van der Waals surface area contributed by atoms with Crippen molar-refractivity contribution in [3.63, 3.8) is 0 Å². The molecule has 206 valence electrons. The summed E-state index contributed by atoms with van der Waals surface area (Å²) in [5, 5.41) is 28.5. The van der Waals surface area contributed by atoms with Crippen molar-refractivity contribution in [3.8, 4) is 5.69 Å². The zero-order valence-electron chi connectivity index (χ0n) is 20.9. The van der Waals surface area contributed by atoms with Crippen LogP contribution in [0.15, 0.2) is 73.2 Å². The molecule has 41 heavy (non-hydrogen) atoms. The number of anilines is 2. The van der Waals surface area contributed by atoms with Crippen LogP contribution in [0, 0.1) is 0 Å². The van der Waals surface area contributed by atoms with Gasteiger partial charge in [-0.2, -0.15) is 4.68 Å². The number of nitrogens with zero attached hydrogens (tertiary/aromatic N) is 5. The number of carbonyl (C=O) groups is 4. The first-order valence-electron chi connectivity index (χ1n) is 12.0. The smallest absolute Gasteiger partial charge is 0.352 e. The number of nitrogens with one attached hydrogen (secondary N) is 4. The molecule has 0 saturated carbocycles. The molecule has 0 saturated heterocycles. The number of halogens is 1. The summed E-state index contributed by atoms with van der Waals surface area (Å²) >= 11 is 6.09. The number of carboxylic acid groups (broad SMARTS) is 1. The van der Waals surface area contributed by atoms with Gasteiger partial charge in [-0.3, -0.25) is 14.4 Å². The first kappa shape index (κ1) is 27.0. The Morgan fingerprint density at radius 3 is 2.54 bits per heavy atom. The standard InChI is InChI=1S/C26H20ClN9O5/c27-16-6-7-21(36-13-29-34-35-36)18(11-16)32-24(38)25(39)33-19(8-14-4-2-1-3-5-14)23(37)30-17-9-15-10-20(26(40)41)31-22(15)28-12-17/h1-7,9-13,19H,8H2,(H,28,31)(H,30,37)(H,32,38)(H,33,39)(H,40,41)/t19-/m0/s1. The summed E-state index contributed by atoms with van der Waals surface area (Å²) in [7, 11) is 0. The molecule has 1 atom stereocenters. The molecule has 3 amide bonds. The second-order valence-electron chi connectivity index (χ2n) is 8.73. The van der Waals surface area contributed by atoms with E-state index in [4.69, 9.17) is 11.6 Å². The minimum atomic E-state index is -1.16. The van der Waals surface area contributed by atoms with Gasteiger partial charge in [0.1, 0.15) is 23.7 Å². The molecule has 0 aliphatic carbocycles. The highest BCUT2D eigenvalue weighted by atomic mass is 35.5. The van der Waals surface area contributed by atoms with Gasteiger partial charge in [0.15, 0.2) is 0 Å². The predicted molar refractivity (Wildman–Crippen MR) is 147 cm³/mol. The summed E-state index contributed by atoms with van der Waals surface area (Å²) < 4.78 is 1.28. The summed E-state index contributed by atoms with van der Waals surface area (Å²) in [6, 6.07) is 15.2. The number of pyridine rings is 1. The molecule has 14 nitrogen and oxygen atoms in total. The minimum Gasteiger partial charge on any atom is -0.477 e. The fraction of sp³-hybridized carbons (Fsp3) is 0.0769. The number of benzene rings is 2. The van der Waals surface area contributed by atoms with Crippen molar-refractivity contribution in [1.82, 2.24) is 35.5 Å². The molecule has 5 aromatic rings. The third-order valence-corrected chi connectivity index (χ3v) is 6.12. The van der Waals surface area contributed by atoms with Gasteiger partial charge >= 0.3 is 17.8 Å². The molecule has 0 fully saturated rings. The lowest BCUT2D eigenvalue weighted by atomic mass is 10.0. The number of rotatable bonds is 8. The van der Waals surface area contributed by atoms with E-state index < -0.39 is 29.7 Å². The van der Waals surface area contributed by atoms with Crippen molar-refractivity contribution in [1.29, 1.82) is 0 Å². The molecule has 0 spiro atoms. The van der Waals surface area contributed by atoms with Crippen LogP contribution in [0.5, 0.6) is 0 Å². The number of tetrazole rings is 1. The third-order valence-electron chi connectivity index (χ3n) is 5.88. The van der Waals surface area contributed by atoms with Crippen LogP contribution in [0.4, 0.5) is 11.4 Å². The number of aromatic nitrogens is 6.